The molecular formula is C44H31N3O. The van der Waals surface area contributed by atoms with Crippen LogP contribution in [0.1, 0.15) is 34.9 Å². The van der Waals surface area contributed by atoms with Gasteiger partial charge in [-0.05, 0) is 72.6 Å². The highest BCUT2D eigenvalue weighted by Gasteiger charge is 2.43. The minimum absolute atomic E-state index is 0.131. The molecule has 0 amide bonds. The third-order valence-electron chi connectivity index (χ3n) is 10.5. The number of allylic oxidation sites excluding steroid dienone is 1. The maximum absolute atomic E-state index is 6.63. The van der Waals surface area contributed by atoms with Gasteiger partial charge in [0.15, 0.2) is 0 Å². The molecule has 3 unspecified atom stereocenters. The molecule has 2 N–H and O–H groups in total. The first-order valence-electron chi connectivity index (χ1n) is 16.5. The number of benzene rings is 6. The molecule has 4 heteroatoms. The first-order chi connectivity index (χ1) is 23.7. The Bertz CT molecular complexity index is 2650. The predicted octanol–water partition coefficient (Wildman–Crippen LogP) is 10.6. The molecule has 3 atom stereocenters. The summed E-state index contributed by atoms with van der Waals surface area (Å²) in [7, 11) is 0. The van der Waals surface area contributed by atoms with Crippen LogP contribution >= 0.6 is 0 Å². The molecule has 2 aromatic heterocycles. The summed E-state index contributed by atoms with van der Waals surface area (Å²) in [5.74, 6) is 3.35. The maximum atomic E-state index is 6.63. The van der Waals surface area contributed by atoms with E-state index in [4.69, 9.17) is 16.6 Å². The lowest BCUT2D eigenvalue weighted by Gasteiger charge is -2.35. The van der Waals surface area contributed by atoms with Crippen LogP contribution < -0.4 is 10.6 Å². The molecule has 1 aliphatic carbocycles. The lowest BCUT2D eigenvalue weighted by atomic mass is 9.78. The lowest BCUT2D eigenvalue weighted by Crippen LogP contribution is -2.33. The minimum Gasteiger partial charge on any atom is -0.456 e. The van der Waals surface area contributed by atoms with Gasteiger partial charge in [-0.15, -0.1) is 6.42 Å². The van der Waals surface area contributed by atoms with Crippen molar-refractivity contribution in [2.24, 2.45) is 0 Å². The van der Waals surface area contributed by atoms with Gasteiger partial charge < -0.3 is 19.6 Å². The normalized spacial score (nSPS) is 18.5. The van der Waals surface area contributed by atoms with E-state index in [1.807, 2.05) is 12.1 Å². The number of aromatic nitrogens is 1. The van der Waals surface area contributed by atoms with E-state index in [-0.39, 0.29) is 17.9 Å². The summed E-state index contributed by atoms with van der Waals surface area (Å²) in [5.41, 5.74) is 18.0. The van der Waals surface area contributed by atoms with Crippen LogP contribution in [0.5, 0.6) is 0 Å². The van der Waals surface area contributed by atoms with Gasteiger partial charge in [0.05, 0.1) is 16.7 Å². The number of fused-ring (bicyclic) bond motifs is 10. The van der Waals surface area contributed by atoms with Gasteiger partial charge in [0.2, 0.25) is 0 Å². The number of terminal acetylenes is 1. The van der Waals surface area contributed by atoms with Crippen molar-refractivity contribution in [2.45, 2.75) is 24.3 Å². The van der Waals surface area contributed by atoms with Crippen LogP contribution in [-0.4, -0.2) is 10.6 Å². The molecule has 0 radical (unpaired) electrons. The molecule has 0 saturated carbocycles. The third kappa shape index (κ3) is 3.73. The minimum atomic E-state index is 0.131. The number of hydrogen-bond donors (Lipinski definition) is 1. The molecule has 0 saturated heterocycles. The zero-order valence-electron chi connectivity index (χ0n) is 26.2. The van der Waals surface area contributed by atoms with E-state index in [2.05, 4.69) is 143 Å². The second-order valence-corrected chi connectivity index (χ2v) is 13.0. The average molecular weight is 618 g/mol. The summed E-state index contributed by atoms with van der Waals surface area (Å²) in [6.07, 6.45) is 12.0. The number of furan rings is 1. The molecule has 1 aliphatic heterocycles. The summed E-state index contributed by atoms with van der Waals surface area (Å²) in [5, 5.41) is 4.61. The van der Waals surface area contributed by atoms with E-state index in [1.165, 1.54) is 27.9 Å². The Balaban J connectivity index is 1.18. The van der Waals surface area contributed by atoms with Crippen LogP contribution in [0, 0.1) is 12.3 Å². The van der Waals surface area contributed by atoms with Gasteiger partial charge >= 0.3 is 0 Å². The molecule has 2 aliphatic rings. The van der Waals surface area contributed by atoms with Crippen molar-refractivity contribution < 1.29 is 4.42 Å². The first-order valence-corrected chi connectivity index (χ1v) is 16.5. The summed E-state index contributed by atoms with van der Waals surface area (Å²) in [4.78, 5) is 2.54. The highest BCUT2D eigenvalue weighted by molar-refractivity contribution is 6.11. The van der Waals surface area contributed by atoms with Crippen LogP contribution in [0.4, 0.5) is 17.1 Å². The van der Waals surface area contributed by atoms with E-state index in [9.17, 15) is 0 Å². The van der Waals surface area contributed by atoms with Gasteiger partial charge in [0.1, 0.15) is 11.2 Å². The molecule has 8 aromatic rings. The van der Waals surface area contributed by atoms with Gasteiger partial charge in [0.25, 0.3) is 0 Å². The molecule has 6 aromatic carbocycles. The molecule has 0 bridgehead atoms. The quantitative estimate of drug-likeness (QED) is 0.122. The van der Waals surface area contributed by atoms with Gasteiger partial charge in [0, 0.05) is 67.6 Å². The Morgan fingerprint density at radius 1 is 0.708 bits per heavy atom. The fourth-order valence-electron chi connectivity index (χ4n) is 8.54. The van der Waals surface area contributed by atoms with Gasteiger partial charge in [-0.25, -0.2) is 0 Å². The van der Waals surface area contributed by atoms with Crippen molar-refractivity contribution in [3.8, 4) is 18.0 Å². The average Bonchev–Trinajstić information content (AvgIpc) is 3.78. The number of nitrogen functional groups attached to an aromatic ring is 1. The monoisotopic (exact) mass is 617 g/mol. The van der Waals surface area contributed by atoms with Gasteiger partial charge in [-0.1, -0.05) is 84.8 Å². The number of anilines is 3. The van der Waals surface area contributed by atoms with Crippen molar-refractivity contribution in [2.75, 3.05) is 10.6 Å². The van der Waals surface area contributed by atoms with Gasteiger partial charge in [-0.3, -0.25) is 0 Å². The fraction of sp³-hybridized carbons (Fsp3) is 0.0909. The van der Waals surface area contributed by atoms with Crippen molar-refractivity contribution in [3.63, 3.8) is 0 Å². The largest absolute Gasteiger partial charge is 0.456 e. The Morgan fingerprint density at radius 3 is 2.38 bits per heavy atom. The van der Waals surface area contributed by atoms with Crippen LogP contribution in [0.3, 0.4) is 0 Å². The molecule has 4 nitrogen and oxygen atoms in total. The molecule has 0 spiro atoms. The Kier molecular flexibility index (Phi) is 5.71. The van der Waals surface area contributed by atoms with E-state index in [1.54, 1.807) is 0 Å². The van der Waals surface area contributed by atoms with Crippen molar-refractivity contribution >= 4 is 60.8 Å². The maximum Gasteiger partial charge on any atom is 0.141 e. The predicted molar refractivity (Wildman–Crippen MR) is 198 cm³/mol. The Labute approximate surface area is 278 Å². The highest BCUT2D eigenvalue weighted by atomic mass is 16.3. The Morgan fingerprint density at radius 2 is 1.50 bits per heavy atom. The Hall–Kier alpha value is -6.18. The topological polar surface area (TPSA) is 47.3 Å². The van der Waals surface area contributed by atoms with E-state index >= 15 is 0 Å². The van der Waals surface area contributed by atoms with Gasteiger partial charge in [-0.2, -0.15) is 0 Å². The molecular weight excluding hydrogens is 587 g/mol. The lowest BCUT2D eigenvalue weighted by molar-refractivity contribution is 0.524. The zero-order valence-corrected chi connectivity index (χ0v) is 26.2. The van der Waals surface area contributed by atoms with E-state index < -0.39 is 0 Å². The molecule has 10 rings (SSSR count). The van der Waals surface area contributed by atoms with E-state index in [0.717, 1.165) is 61.7 Å². The SMILES string of the molecule is C#Cc1cccc(C2C=CC3c4c(ccc5c4oc4ccccc45)N(c4ccccc4)C3C2)c1-n1c2ccccc2c2cc(N)ccc21. The summed E-state index contributed by atoms with van der Waals surface area (Å²) >= 11 is 0. The smallest absolute Gasteiger partial charge is 0.141 e. The van der Waals surface area contributed by atoms with Crippen molar-refractivity contribution in [1.29, 1.82) is 0 Å². The fourth-order valence-corrected chi connectivity index (χ4v) is 8.54. The highest BCUT2D eigenvalue weighted by Crippen LogP contribution is 2.55. The molecule has 0 fully saturated rings. The zero-order chi connectivity index (χ0) is 31.9. The molecule has 228 valence electrons. The summed E-state index contributed by atoms with van der Waals surface area (Å²) in [6, 6.07) is 45.0. The van der Waals surface area contributed by atoms with Crippen LogP contribution in [0.2, 0.25) is 0 Å². The number of para-hydroxylation sites is 4. The van der Waals surface area contributed by atoms with Crippen LogP contribution in [0.25, 0.3) is 49.4 Å². The van der Waals surface area contributed by atoms with Crippen molar-refractivity contribution in [1.82, 2.24) is 4.57 Å². The van der Waals surface area contributed by atoms with Crippen molar-refractivity contribution in [3.05, 3.63) is 156 Å². The number of hydrogen-bond acceptors (Lipinski definition) is 3. The molecule has 48 heavy (non-hydrogen) atoms. The summed E-state index contributed by atoms with van der Waals surface area (Å²) < 4.78 is 8.99. The van der Waals surface area contributed by atoms with Crippen LogP contribution in [0.15, 0.2) is 144 Å². The summed E-state index contributed by atoms with van der Waals surface area (Å²) in [6.45, 7) is 0. The van der Waals surface area contributed by atoms with E-state index in [0.29, 0.717) is 0 Å². The number of nitrogens with two attached hydrogens (primary N) is 1. The molecule has 3 heterocycles. The number of nitrogens with zero attached hydrogens (tertiary/aromatic N) is 2. The third-order valence-corrected chi connectivity index (χ3v) is 10.5. The number of rotatable bonds is 3. The second kappa shape index (κ2) is 10.2. The second-order valence-electron chi connectivity index (χ2n) is 13.0. The van der Waals surface area contributed by atoms with Crippen LogP contribution in [-0.2, 0) is 0 Å². The standard InChI is InChI=1S/C44H31N3O/c1-2-27-11-10-16-31(43(27)47-37-17-8-6-14-32(37)36-26-29(45)20-23-38(36)47)28-19-21-35-40(25-28)46(30-12-4-3-5-13-30)39-24-22-34-33-15-7-9-18-41(33)48-44(34)42(35)39/h1,3-24,26,28,35,40H,25,45H2. The first kappa shape index (κ1) is 27.0.